The van der Waals surface area contributed by atoms with Crippen molar-refractivity contribution < 1.29 is 0 Å². The van der Waals surface area contributed by atoms with Crippen LogP contribution >= 0.6 is 0 Å². The molecule has 1 aromatic carbocycles. The third-order valence-electron chi connectivity index (χ3n) is 7.60. The average Bonchev–Trinajstić information content (AvgIpc) is 3.31. The molecule has 2 heterocycles. The topological polar surface area (TPSA) is 50.1 Å². The van der Waals surface area contributed by atoms with Crippen molar-refractivity contribution in [1.29, 1.82) is 0 Å². The van der Waals surface area contributed by atoms with Gasteiger partial charge in [0.05, 0.1) is 12.1 Å². The first-order chi connectivity index (χ1) is 14.9. The monoisotopic (exact) mass is 408 g/mol. The van der Waals surface area contributed by atoms with Gasteiger partial charge in [-0.2, -0.15) is 0 Å². The third-order valence-corrected chi connectivity index (χ3v) is 7.60. The number of hydrogen-bond acceptors (Lipinski definition) is 5. The molecule has 0 unspecified atom stereocenters. The first-order valence-electron chi connectivity index (χ1n) is 12.2. The van der Waals surface area contributed by atoms with Gasteiger partial charge in [0.2, 0.25) is 0 Å². The van der Waals surface area contributed by atoms with Gasteiger partial charge >= 0.3 is 0 Å². The van der Waals surface area contributed by atoms with E-state index in [1.807, 2.05) is 0 Å². The zero-order valence-electron chi connectivity index (χ0n) is 18.2. The van der Waals surface area contributed by atoms with Gasteiger partial charge in [-0.15, -0.1) is 5.10 Å². The molecule has 0 spiro atoms. The largest absolute Gasteiger partial charge is 0.298 e. The van der Waals surface area contributed by atoms with E-state index in [1.54, 1.807) is 0 Å². The van der Waals surface area contributed by atoms with Crippen LogP contribution in [0, 0.1) is 0 Å². The van der Waals surface area contributed by atoms with Crippen molar-refractivity contribution >= 4 is 0 Å². The Morgan fingerprint density at radius 2 is 1.37 bits per heavy atom. The van der Waals surface area contributed by atoms with E-state index in [0.717, 1.165) is 25.0 Å². The Hall–Kier alpha value is -1.79. The summed E-state index contributed by atoms with van der Waals surface area (Å²) in [6.45, 7) is 4.51. The summed E-state index contributed by atoms with van der Waals surface area (Å²) in [5.41, 5.74) is 1.32. The van der Waals surface area contributed by atoms with Gasteiger partial charge in [0.25, 0.3) is 0 Å². The lowest BCUT2D eigenvalue weighted by atomic mass is 9.93. The maximum absolute atomic E-state index is 4.60. The van der Waals surface area contributed by atoms with Crippen molar-refractivity contribution in [3.8, 4) is 0 Å². The highest BCUT2D eigenvalue weighted by atomic mass is 15.6. The zero-order chi connectivity index (χ0) is 20.2. The highest BCUT2D eigenvalue weighted by molar-refractivity contribution is 5.25. The number of benzene rings is 1. The molecule has 0 radical (unpaired) electrons. The molecule has 2 aromatic rings. The Kier molecular flexibility index (Phi) is 6.42. The molecule has 6 heteroatoms. The molecule has 2 aliphatic carbocycles. The normalized spacial score (nSPS) is 24.1. The number of aromatic nitrogens is 4. The SMILES string of the molecule is c1ccc([C@@H](c2nnnn2C2CCCCC2)N2CCN(C3CCCCC3)CC2)cc1. The fourth-order valence-electron chi connectivity index (χ4n) is 5.93. The fourth-order valence-corrected chi connectivity index (χ4v) is 5.93. The molecule has 0 N–H and O–H groups in total. The van der Waals surface area contributed by atoms with E-state index in [2.05, 4.69) is 60.3 Å². The van der Waals surface area contributed by atoms with Crippen LogP contribution in [0.25, 0.3) is 0 Å². The highest BCUT2D eigenvalue weighted by Gasteiger charge is 2.34. The van der Waals surface area contributed by atoms with Crippen LogP contribution in [0.15, 0.2) is 30.3 Å². The third kappa shape index (κ3) is 4.30. The number of piperazine rings is 1. The van der Waals surface area contributed by atoms with E-state index >= 15 is 0 Å². The van der Waals surface area contributed by atoms with E-state index in [1.165, 1.54) is 82.9 Å². The summed E-state index contributed by atoms with van der Waals surface area (Å²) in [6, 6.07) is 12.3. The van der Waals surface area contributed by atoms with Crippen molar-refractivity contribution in [2.75, 3.05) is 26.2 Å². The van der Waals surface area contributed by atoms with E-state index in [4.69, 9.17) is 0 Å². The van der Waals surface area contributed by atoms with Gasteiger partial charge < -0.3 is 0 Å². The maximum atomic E-state index is 4.60. The first kappa shape index (κ1) is 20.1. The predicted octanol–water partition coefficient (Wildman–Crippen LogP) is 4.22. The number of rotatable bonds is 5. The number of tetrazole rings is 1. The van der Waals surface area contributed by atoms with Gasteiger partial charge in [-0.1, -0.05) is 68.9 Å². The van der Waals surface area contributed by atoms with Crippen LogP contribution in [0.4, 0.5) is 0 Å². The molecule has 6 nitrogen and oxygen atoms in total. The Bertz CT molecular complexity index is 770. The minimum atomic E-state index is 0.150. The van der Waals surface area contributed by atoms with E-state index in [-0.39, 0.29) is 6.04 Å². The molecule has 1 aromatic heterocycles. The van der Waals surface area contributed by atoms with Crippen molar-refractivity contribution in [3.05, 3.63) is 41.7 Å². The Morgan fingerprint density at radius 1 is 0.733 bits per heavy atom. The van der Waals surface area contributed by atoms with Crippen molar-refractivity contribution in [3.63, 3.8) is 0 Å². The van der Waals surface area contributed by atoms with Crippen LogP contribution in [0.5, 0.6) is 0 Å². The first-order valence-corrected chi connectivity index (χ1v) is 12.2. The van der Waals surface area contributed by atoms with Crippen LogP contribution in [-0.2, 0) is 0 Å². The number of nitrogens with zero attached hydrogens (tertiary/aromatic N) is 6. The summed E-state index contributed by atoms with van der Waals surface area (Å²) in [7, 11) is 0. The molecule has 0 bridgehead atoms. The summed E-state index contributed by atoms with van der Waals surface area (Å²) in [5.74, 6) is 1.04. The zero-order valence-corrected chi connectivity index (χ0v) is 18.2. The van der Waals surface area contributed by atoms with Crippen LogP contribution in [-0.4, -0.2) is 62.2 Å². The van der Waals surface area contributed by atoms with Crippen molar-refractivity contribution in [2.24, 2.45) is 0 Å². The van der Waals surface area contributed by atoms with Gasteiger partial charge in [0, 0.05) is 32.2 Å². The molecular weight excluding hydrogens is 372 g/mol. The fraction of sp³-hybridized carbons (Fsp3) is 0.708. The summed E-state index contributed by atoms with van der Waals surface area (Å²) in [5, 5.41) is 13.2. The van der Waals surface area contributed by atoms with Gasteiger partial charge in [0.1, 0.15) is 0 Å². The van der Waals surface area contributed by atoms with E-state index < -0.39 is 0 Å². The highest BCUT2D eigenvalue weighted by Crippen LogP contribution is 2.34. The van der Waals surface area contributed by atoms with Gasteiger partial charge in [0.15, 0.2) is 5.82 Å². The van der Waals surface area contributed by atoms with Crippen LogP contribution in [0.1, 0.15) is 87.7 Å². The average molecular weight is 409 g/mol. The second-order valence-corrected chi connectivity index (χ2v) is 9.45. The molecule has 0 amide bonds. The molecule has 3 fully saturated rings. The quantitative estimate of drug-likeness (QED) is 0.741. The van der Waals surface area contributed by atoms with Crippen LogP contribution < -0.4 is 0 Å². The van der Waals surface area contributed by atoms with Crippen LogP contribution in [0.2, 0.25) is 0 Å². The minimum absolute atomic E-state index is 0.150. The summed E-state index contributed by atoms with van der Waals surface area (Å²) >= 11 is 0. The molecule has 1 atom stereocenters. The molecule has 30 heavy (non-hydrogen) atoms. The number of hydrogen-bond donors (Lipinski definition) is 0. The molecule has 3 aliphatic rings. The lowest BCUT2D eigenvalue weighted by molar-refractivity contribution is 0.0612. The van der Waals surface area contributed by atoms with E-state index in [0.29, 0.717) is 6.04 Å². The molecule has 2 saturated carbocycles. The molecule has 1 aliphatic heterocycles. The molecule has 162 valence electrons. The standard InChI is InChI=1S/C24H36N6/c1-4-10-20(11-5-1)23(24-25-26-27-30(24)22-14-8-3-9-15-22)29-18-16-28(17-19-29)21-12-6-2-7-13-21/h1,4-5,10-11,21-23H,2-3,6-9,12-19H2/t23-/m0/s1. The van der Waals surface area contributed by atoms with Gasteiger partial charge in [-0.25, -0.2) is 4.68 Å². The summed E-state index contributed by atoms with van der Waals surface area (Å²) in [4.78, 5) is 5.38. The Balaban J connectivity index is 1.37. The Labute approximate surface area is 180 Å². The lowest BCUT2D eigenvalue weighted by Gasteiger charge is -2.43. The van der Waals surface area contributed by atoms with Crippen LogP contribution in [0.3, 0.4) is 0 Å². The van der Waals surface area contributed by atoms with E-state index in [9.17, 15) is 0 Å². The van der Waals surface area contributed by atoms with Gasteiger partial charge in [-0.05, 0) is 41.7 Å². The van der Waals surface area contributed by atoms with Crippen molar-refractivity contribution in [1.82, 2.24) is 30.0 Å². The second-order valence-electron chi connectivity index (χ2n) is 9.45. The smallest absolute Gasteiger partial charge is 0.173 e. The summed E-state index contributed by atoms with van der Waals surface area (Å²) in [6.07, 6.45) is 13.4. The Morgan fingerprint density at radius 3 is 2.03 bits per heavy atom. The molecule has 5 rings (SSSR count). The predicted molar refractivity (Wildman–Crippen MR) is 118 cm³/mol. The van der Waals surface area contributed by atoms with Gasteiger partial charge in [-0.3, -0.25) is 9.80 Å². The lowest BCUT2D eigenvalue weighted by Crippen LogP contribution is -2.52. The second kappa shape index (κ2) is 9.56. The summed E-state index contributed by atoms with van der Waals surface area (Å²) < 4.78 is 2.17. The molecule has 1 saturated heterocycles. The minimum Gasteiger partial charge on any atom is -0.298 e. The maximum Gasteiger partial charge on any atom is 0.173 e. The molecular formula is C24H36N6. The van der Waals surface area contributed by atoms with Crippen molar-refractivity contribution in [2.45, 2.75) is 82.3 Å².